The van der Waals surface area contributed by atoms with E-state index in [0.29, 0.717) is 0 Å². The second kappa shape index (κ2) is 7.06. The van der Waals surface area contributed by atoms with Crippen LogP contribution in [0.15, 0.2) is 52.4 Å². The first kappa shape index (κ1) is 17.4. The van der Waals surface area contributed by atoms with Crippen molar-refractivity contribution >= 4 is 49.2 Å². The van der Waals surface area contributed by atoms with Crippen molar-refractivity contribution in [3.63, 3.8) is 0 Å². The first-order chi connectivity index (χ1) is 10.3. The average Bonchev–Trinajstić information content (AvgIpc) is 2.48. The van der Waals surface area contributed by atoms with Crippen molar-refractivity contribution in [3.8, 4) is 0 Å². The zero-order chi connectivity index (χ0) is 16.3. The molecule has 0 radical (unpaired) electrons. The summed E-state index contributed by atoms with van der Waals surface area (Å²) in [6.45, 7) is 1.87. The molecule has 0 aliphatic heterocycles. The maximum atomic E-state index is 13.7. The van der Waals surface area contributed by atoms with Crippen molar-refractivity contribution in [2.24, 2.45) is 4.99 Å². The van der Waals surface area contributed by atoms with Gasteiger partial charge in [0.15, 0.2) is 9.84 Å². The predicted molar refractivity (Wildman–Crippen MR) is 94.7 cm³/mol. The van der Waals surface area contributed by atoms with E-state index in [4.69, 9.17) is 11.6 Å². The van der Waals surface area contributed by atoms with Crippen LogP contribution in [0.5, 0.6) is 0 Å². The van der Waals surface area contributed by atoms with Crippen LogP contribution in [0.1, 0.15) is 11.1 Å². The highest BCUT2D eigenvalue weighted by molar-refractivity contribution is 14.1. The van der Waals surface area contributed by atoms with Gasteiger partial charge in [-0.05, 0) is 59.8 Å². The summed E-state index contributed by atoms with van der Waals surface area (Å²) >= 11 is 7.96. The summed E-state index contributed by atoms with van der Waals surface area (Å²) in [6.07, 6.45) is 0. The van der Waals surface area contributed by atoms with Crippen LogP contribution in [0.2, 0.25) is 0 Å². The number of nitrogens with zero attached hydrogens (tertiary/aromatic N) is 1. The molecule has 0 saturated carbocycles. The predicted octanol–water partition coefficient (Wildman–Crippen LogP) is 4.16. The van der Waals surface area contributed by atoms with Crippen LogP contribution in [-0.2, 0) is 9.84 Å². The lowest BCUT2D eigenvalue weighted by Gasteiger charge is -2.04. The molecule has 116 valence electrons. The van der Waals surface area contributed by atoms with Crippen LogP contribution in [0, 0.1) is 16.3 Å². The van der Waals surface area contributed by atoms with E-state index in [9.17, 15) is 12.8 Å². The molecule has 0 unspecified atom stereocenters. The Hall–Kier alpha value is -0.990. The van der Waals surface area contributed by atoms with Gasteiger partial charge in [-0.2, -0.15) is 0 Å². The van der Waals surface area contributed by atoms with Gasteiger partial charge in [0.25, 0.3) is 0 Å². The largest absolute Gasteiger partial charge is 0.256 e. The van der Waals surface area contributed by atoms with Crippen molar-refractivity contribution in [1.82, 2.24) is 0 Å². The van der Waals surface area contributed by atoms with Crippen molar-refractivity contribution in [2.45, 2.75) is 11.8 Å². The maximum absolute atomic E-state index is 13.7. The zero-order valence-electron chi connectivity index (χ0n) is 11.6. The summed E-state index contributed by atoms with van der Waals surface area (Å²) < 4.78 is 38.8. The van der Waals surface area contributed by atoms with E-state index in [1.54, 1.807) is 18.2 Å². The van der Waals surface area contributed by atoms with E-state index >= 15 is 0 Å². The summed E-state index contributed by atoms with van der Waals surface area (Å²) in [6, 6.07) is 10.8. The second-order valence-corrected chi connectivity index (χ2v) is 8.19. The minimum Gasteiger partial charge on any atom is -0.256 e. The van der Waals surface area contributed by atoms with Crippen LogP contribution in [0.3, 0.4) is 0 Å². The van der Waals surface area contributed by atoms with Crippen LogP contribution in [0.4, 0.5) is 4.39 Å². The van der Waals surface area contributed by atoms with Crippen LogP contribution >= 0.6 is 34.2 Å². The summed E-state index contributed by atoms with van der Waals surface area (Å²) in [7, 11) is -3.60. The first-order valence-electron chi connectivity index (χ1n) is 6.24. The summed E-state index contributed by atoms with van der Waals surface area (Å²) in [5.74, 6) is -1.07. The Morgan fingerprint density at radius 2 is 1.86 bits per heavy atom. The zero-order valence-corrected chi connectivity index (χ0v) is 15.3. The van der Waals surface area contributed by atoms with Gasteiger partial charge in [-0.25, -0.2) is 12.8 Å². The highest BCUT2D eigenvalue weighted by atomic mass is 127. The van der Waals surface area contributed by atoms with E-state index in [0.717, 1.165) is 9.13 Å². The quantitative estimate of drug-likeness (QED) is 0.518. The van der Waals surface area contributed by atoms with Crippen LogP contribution < -0.4 is 0 Å². The Morgan fingerprint density at radius 1 is 1.23 bits per heavy atom. The fourth-order valence-corrected chi connectivity index (χ4v) is 3.47. The molecule has 0 amide bonds. The van der Waals surface area contributed by atoms with Gasteiger partial charge in [-0.15, -0.1) is 0 Å². The van der Waals surface area contributed by atoms with E-state index in [-0.39, 0.29) is 15.6 Å². The first-order valence-corrected chi connectivity index (χ1v) is 9.35. The molecule has 0 aliphatic rings. The number of aryl methyl sites for hydroxylation is 1. The van der Waals surface area contributed by atoms with Crippen molar-refractivity contribution in [2.75, 3.05) is 5.88 Å². The molecule has 2 aromatic rings. The Bertz CT molecular complexity index is 820. The Kier molecular flexibility index (Phi) is 5.57. The monoisotopic (exact) mass is 451 g/mol. The lowest BCUT2D eigenvalue weighted by molar-refractivity contribution is 0.596. The number of aliphatic imine (C=N–C) groups is 1. The molecule has 0 atom stereocenters. The summed E-state index contributed by atoms with van der Waals surface area (Å²) in [5, 5.41) is -0.160. The molecule has 2 rings (SSSR count). The molecular formula is C15H12ClFINO2S. The van der Waals surface area contributed by atoms with Gasteiger partial charge >= 0.3 is 0 Å². The number of sulfone groups is 1. The third kappa shape index (κ3) is 4.27. The summed E-state index contributed by atoms with van der Waals surface area (Å²) in [5.41, 5.74) is 1.05. The molecule has 0 fully saturated rings. The molecule has 7 heteroatoms. The third-order valence-corrected chi connectivity index (χ3v) is 5.36. The maximum Gasteiger partial charge on any atom is 0.198 e. The van der Waals surface area contributed by atoms with Gasteiger partial charge in [0, 0.05) is 9.13 Å². The molecule has 2 aromatic carbocycles. The van der Waals surface area contributed by atoms with Gasteiger partial charge in [0.05, 0.1) is 4.90 Å². The molecule has 0 aliphatic carbocycles. The number of halogens is 3. The Balaban J connectivity index is 2.26. The minimum atomic E-state index is -3.60. The van der Waals surface area contributed by atoms with Crippen molar-refractivity contribution in [1.29, 1.82) is 0 Å². The average molecular weight is 452 g/mol. The van der Waals surface area contributed by atoms with Gasteiger partial charge in [0.2, 0.25) is 0 Å². The second-order valence-electron chi connectivity index (χ2n) is 4.63. The number of rotatable bonds is 4. The molecule has 22 heavy (non-hydrogen) atoms. The van der Waals surface area contributed by atoms with Crippen molar-refractivity contribution in [3.05, 3.63) is 63.0 Å². The third-order valence-electron chi connectivity index (χ3n) is 2.90. The number of benzene rings is 2. The Morgan fingerprint density at radius 3 is 2.50 bits per heavy atom. The standard InChI is InChI=1S/C15H12ClFINO2S/c1-10-2-5-12(6-3-10)22(20,21)9-19-15(16)13-8-11(18)4-7-14(13)17/h2-8H,9H2,1H3/b19-15-. The van der Waals surface area contributed by atoms with E-state index in [2.05, 4.69) is 4.99 Å². The van der Waals surface area contributed by atoms with E-state index in [1.807, 2.05) is 29.5 Å². The lowest BCUT2D eigenvalue weighted by Crippen LogP contribution is -2.07. The number of hydrogen-bond donors (Lipinski definition) is 0. The number of hydrogen-bond acceptors (Lipinski definition) is 3. The molecule has 3 nitrogen and oxygen atoms in total. The highest BCUT2D eigenvalue weighted by Crippen LogP contribution is 2.17. The molecule has 0 bridgehead atoms. The fourth-order valence-electron chi connectivity index (χ4n) is 1.70. The molecule has 0 saturated heterocycles. The lowest BCUT2D eigenvalue weighted by atomic mass is 10.2. The smallest absolute Gasteiger partial charge is 0.198 e. The Labute approximate surface area is 147 Å². The van der Waals surface area contributed by atoms with Crippen LogP contribution in [-0.4, -0.2) is 19.5 Å². The van der Waals surface area contributed by atoms with Gasteiger partial charge in [0.1, 0.15) is 16.9 Å². The molecule has 0 spiro atoms. The molecule has 0 N–H and O–H groups in total. The topological polar surface area (TPSA) is 46.5 Å². The molecule has 0 aromatic heterocycles. The van der Waals surface area contributed by atoms with E-state index < -0.39 is 21.5 Å². The minimum absolute atomic E-state index is 0.0904. The van der Waals surface area contributed by atoms with Crippen molar-refractivity contribution < 1.29 is 12.8 Å². The van der Waals surface area contributed by atoms with Gasteiger partial charge in [-0.3, -0.25) is 4.99 Å². The summed E-state index contributed by atoms with van der Waals surface area (Å²) in [4.78, 5) is 3.98. The molecular weight excluding hydrogens is 440 g/mol. The SMILES string of the molecule is Cc1ccc(S(=O)(=O)C/N=C(\Cl)c2cc(I)ccc2F)cc1. The van der Waals surface area contributed by atoms with Gasteiger partial charge in [-0.1, -0.05) is 29.3 Å². The highest BCUT2D eigenvalue weighted by Gasteiger charge is 2.15. The van der Waals surface area contributed by atoms with E-state index in [1.165, 1.54) is 24.3 Å². The van der Waals surface area contributed by atoms with Gasteiger partial charge < -0.3 is 0 Å². The fraction of sp³-hybridized carbons (Fsp3) is 0.133. The molecule has 0 heterocycles. The normalized spacial score (nSPS) is 12.5. The van der Waals surface area contributed by atoms with Crippen LogP contribution in [0.25, 0.3) is 0 Å².